The molecule has 0 fully saturated rings. The van der Waals surface area contributed by atoms with Crippen LogP contribution in [0.2, 0.25) is 0 Å². The molecular formula is C21H25NO2. The lowest BCUT2D eigenvalue weighted by Gasteiger charge is -2.11. The van der Waals surface area contributed by atoms with Gasteiger partial charge in [0.15, 0.2) is 0 Å². The lowest BCUT2D eigenvalue weighted by atomic mass is 9.99. The van der Waals surface area contributed by atoms with Crippen molar-refractivity contribution in [1.29, 1.82) is 0 Å². The normalized spacial score (nSPS) is 10.9. The molecule has 0 saturated heterocycles. The summed E-state index contributed by atoms with van der Waals surface area (Å²) in [5.41, 5.74) is 4.97. The third kappa shape index (κ3) is 4.42. The molecule has 1 heterocycles. The molecule has 0 atom stereocenters. The molecule has 126 valence electrons. The van der Waals surface area contributed by atoms with Crippen molar-refractivity contribution in [2.24, 2.45) is 0 Å². The number of nitrogens with zero attached hydrogens (tertiary/aromatic N) is 1. The summed E-state index contributed by atoms with van der Waals surface area (Å²) in [5.74, 6) is -0.334. The summed E-state index contributed by atoms with van der Waals surface area (Å²) in [7, 11) is 1.38. The van der Waals surface area contributed by atoms with Crippen LogP contribution in [-0.2, 0) is 9.53 Å². The molecule has 1 aromatic heterocycles. The van der Waals surface area contributed by atoms with Gasteiger partial charge < -0.3 is 4.74 Å². The number of ether oxygens (including phenoxy) is 1. The maximum absolute atomic E-state index is 11.7. The van der Waals surface area contributed by atoms with Crippen LogP contribution in [0.15, 0.2) is 54.6 Å². The third-order valence-electron chi connectivity index (χ3n) is 3.65. The number of pyridine rings is 1. The Bertz CT molecular complexity index is 731. The van der Waals surface area contributed by atoms with Gasteiger partial charge in [-0.2, -0.15) is 0 Å². The predicted octanol–water partition coefficient (Wildman–Crippen LogP) is 5.38. The molecule has 0 N–H and O–H groups in total. The standard InChI is InChI=1S/C19H19NO2.C2H6/c1-5-17-16(13(2)14(3)19(21)22-4)11-12-18(20-17)15-9-7-6-8-10-15;1-2/h5-12H,1H2,2-4H3;1-2H3/b14-13+;. The number of benzene rings is 1. The highest BCUT2D eigenvalue weighted by molar-refractivity contribution is 5.97. The molecule has 3 heteroatoms. The van der Waals surface area contributed by atoms with Crippen LogP contribution < -0.4 is 0 Å². The summed E-state index contributed by atoms with van der Waals surface area (Å²) in [5, 5.41) is 0. The van der Waals surface area contributed by atoms with Crippen LogP contribution in [0.5, 0.6) is 0 Å². The number of rotatable bonds is 4. The van der Waals surface area contributed by atoms with Crippen molar-refractivity contribution >= 4 is 17.6 Å². The van der Waals surface area contributed by atoms with Crippen molar-refractivity contribution < 1.29 is 9.53 Å². The summed E-state index contributed by atoms with van der Waals surface area (Å²) in [4.78, 5) is 16.3. The molecule has 0 bridgehead atoms. The van der Waals surface area contributed by atoms with Crippen molar-refractivity contribution in [2.45, 2.75) is 27.7 Å². The Labute approximate surface area is 144 Å². The fraction of sp³-hybridized carbons (Fsp3) is 0.238. The maximum Gasteiger partial charge on any atom is 0.333 e. The number of hydrogen-bond donors (Lipinski definition) is 0. The van der Waals surface area contributed by atoms with Crippen molar-refractivity contribution in [1.82, 2.24) is 4.98 Å². The molecule has 0 aliphatic rings. The lowest BCUT2D eigenvalue weighted by molar-refractivity contribution is -0.135. The minimum Gasteiger partial charge on any atom is -0.466 e. The Balaban J connectivity index is 0.00000139. The summed E-state index contributed by atoms with van der Waals surface area (Å²) in [6.45, 7) is 11.5. The van der Waals surface area contributed by atoms with Crippen LogP contribution in [0.4, 0.5) is 0 Å². The van der Waals surface area contributed by atoms with E-state index in [1.54, 1.807) is 13.0 Å². The van der Waals surface area contributed by atoms with E-state index in [-0.39, 0.29) is 5.97 Å². The number of methoxy groups -OCH3 is 1. The van der Waals surface area contributed by atoms with E-state index < -0.39 is 0 Å². The van der Waals surface area contributed by atoms with E-state index in [2.05, 4.69) is 11.6 Å². The quantitative estimate of drug-likeness (QED) is 0.560. The van der Waals surface area contributed by atoms with Crippen molar-refractivity contribution in [3.8, 4) is 11.3 Å². The average molecular weight is 323 g/mol. The monoisotopic (exact) mass is 323 g/mol. The third-order valence-corrected chi connectivity index (χ3v) is 3.65. The Kier molecular flexibility index (Phi) is 7.63. The van der Waals surface area contributed by atoms with Gasteiger partial charge in [0.2, 0.25) is 0 Å². The van der Waals surface area contributed by atoms with Crippen LogP contribution in [-0.4, -0.2) is 18.1 Å². The first-order valence-corrected chi connectivity index (χ1v) is 8.03. The molecule has 0 aliphatic heterocycles. The zero-order valence-electron chi connectivity index (χ0n) is 15.1. The number of aromatic nitrogens is 1. The maximum atomic E-state index is 11.7. The number of carbonyl (C=O) groups is 1. The van der Waals surface area contributed by atoms with Gasteiger partial charge in [-0.25, -0.2) is 9.78 Å². The van der Waals surface area contributed by atoms with E-state index in [0.29, 0.717) is 5.57 Å². The molecule has 0 unspecified atom stereocenters. The van der Waals surface area contributed by atoms with Crippen LogP contribution in [0, 0.1) is 0 Å². The summed E-state index contributed by atoms with van der Waals surface area (Å²) < 4.78 is 4.78. The minimum atomic E-state index is -0.334. The van der Waals surface area contributed by atoms with E-state index in [0.717, 1.165) is 28.1 Å². The van der Waals surface area contributed by atoms with Gasteiger partial charge in [0.05, 0.1) is 18.5 Å². The number of carbonyl (C=O) groups excluding carboxylic acids is 1. The highest BCUT2D eigenvalue weighted by atomic mass is 16.5. The lowest BCUT2D eigenvalue weighted by Crippen LogP contribution is -2.04. The van der Waals surface area contributed by atoms with Gasteiger partial charge in [0.1, 0.15) is 0 Å². The summed E-state index contributed by atoms with van der Waals surface area (Å²) in [6, 6.07) is 13.9. The molecule has 24 heavy (non-hydrogen) atoms. The fourth-order valence-electron chi connectivity index (χ4n) is 2.23. The molecule has 0 radical (unpaired) electrons. The highest BCUT2D eigenvalue weighted by Crippen LogP contribution is 2.26. The molecule has 2 rings (SSSR count). The number of esters is 1. The summed E-state index contributed by atoms with van der Waals surface area (Å²) >= 11 is 0. The van der Waals surface area contributed by atoms with Gasteiger partial charge in [0, 0.05) is 16.7 Å². The van der Waals surface area contributed by atoms with E-state index in [1.807, 2.05) is 63.2 Å². The van der Waals surface area contributed by atoms with Crippen molar-refractivity contribution in [3.63, 3.8) is 0 Å². The second kappa shape index (κ2) is 9.46. The number of allylic oxidation sites excluding steroid dienone is 1. The molecular weight excluding hydrogens is 298 g/mol. The van der Waals surface area contributed by atoms with Crippen LogP contribution in [0.1, 0.15) is 39.0 Å². The molecule has 1 aromatic carbocycles. The first kappa shape index (κ1) is 19.4. The number of hydrogen-bond acceptors (Lipinski definition) is 3. The molecule has 0 amide bonds. The average Bonchev–Trinajstić information content (AvgIpc) is 2.67. The summed E-state index contributed by atoms with van der Waals surface area (Å²) in [6.07, 6.45) is 1.70. The second-order valence-corrected chi connectivity index (χ2v) is 4.94. The van der Waals surface area contributed by atoms with E-state index in [9.17, 15) is 4.79 Å². The highest BCUT2D eigenvalue weighted by Gasteiger charge is 2.13. The zero-order valence-corrected chi connectivity index (χ0v) is 15.1. The smallest absolute Gasteiger partial charge is 0.333 e. The molecule has 3 nitrogen and oxygen atoms in total. The van der Waals surface area contributed by atoms with Gasteiger partial charge in [-0.15, -0.1) is 0 Å². The van der Waals surface area contributed by atoms with Gasteiger partial charge in [-0.1, -0.05) is 56.8 Å². The van der Waals surface area contributed by atoms with E-state index in [1.165, 1.54) is 7.11 Å². The Hall–Kier alpha value is -2.68. The van der Waals surface area contributed by atoms with Gasteiger partial charge in [-0.05, 0) is 31.6 Å². The van der Waals surface area contributed by atoms with Crippen molar-refractivity contribution in [3.05, 3.63) is 65.9 Å². The Morgan fingerprint density at radius 2 is 1.71 bits per heavy atom. The predicted molar refractivity (Wildman–Crippen MR) is 101 cm³/mol. The van der Waals surface area contributed by atoms with Crippen LogP contribution >= 0.6 is 0 Å². The van der Waals surface area contributed by atoms with Crippen LogP contribution in [0.3, 0.4) is 0 Å². The molecule has 0 spiro atoms. The largest absolute Gasteiger partial charge is 0.466 e. The first-order chi connectivity index (χ1) is 11.6. The Morgan fingerprint density at radius 1 is 1.08 bits per heavy atom. The van der Waals surface area contributed by atoms with Gasteiger partial charge in [-0.3, -0.25) is 0 Å². The van der Waals surface area contributed by atoms with E-state index in [4.69, 9.17) is 4.74 Å². The SMILES string of the molecule is C=Cc1nc(-c2ccccc2)ccc1/C(C)=C(\C)C(=O)OC.CC. The molecule has 2 aromatic rings. The second-order valence-electron chi connectivity index (χ2n) is 4.94. The van der Waals surface area contributed by atoms with Crippen molar-refractivity contribution in [2.75, 3.05) is 7.11 Å². The van der Waals surface area contributed by atoms with E-state index >= 15 is 0 Å². The minimum absolute atomic E-state index is 0.334. The van der Waals surface area contributed by atoms with Gasteiger partial charge >= 0.3 is 5.97 Å². The van der Waals surface area contributed by atoms with Crippen LogP contribution in [0.25, 0.3) is 22.9 Å². The molecule has 0 saturated carbocycles. The topological polar surface area (TPSA) is 39.2 Å². The van der Waals surface area contributed by atoms with Gasteiger partial charge in [0.25, 0.3) is 0 Å². The Morgan fingerprint density at radius 3 is 2.25 bits per heavy atom. The molecule has 0 aliphatic carbocycles. The zero-order chi connectivity index (χ0) is 18.1. The first-order valence-electron chi connectivity index (χ1n) is 8.03. The fourth-order valence-corrected chi connectivity index (χ4v) is 2.23.